The van der Waals surface area contributed by atoms with Crippen LogP contribution in [0.5, 0.6) is 0 Å². The van der Waals surface area contributed by atoms with Crippen molar-refractivity contribution in [2.45, 2.75) is 71.6 Å². The SMILES string of the molecule is CC1(C)c2ccccc2Nc2ccccc21.CC1(C)c2ccccc2Nc2ccccc21.CC1(C)c2ccccc2Nc2ccccc21.Cc1cc2c(cc1Br)C(=O)c1cc(Br)c(C)cc1-2.O=C1c2cc(Br)c(I)cc2-c2cc(I)c(Br)cc21. The lowest BCUT2D eigenvalue weighted by Gasteiger charge is -2.35. The second-order valence-electron chi connectivity index (χ2n) is 23.1. The standard InChI is InChI=1S/C15H10Br2O.3C15H15N.C13H4Br2I2O/c1-7-3-9-10-4-8(2)14(17)6-12(10)15(18)11(9)5-13(7)16;3*1-15(2)11-7-3-5-9-13(11)16-14-10-6-4-8-12(14)15;14-9-1-7-5(3-11(9)16)6-4-12(17)10(15)2-8(6)13(7)18/h3-6H,1-2H3;3*3-10,16H,1-2H3;1-4H. The van der Waals surface area contributed by atoms with Crippen molar-refractivity contribution in [1.29, 1.82) is 0 Å². The monoisotopic (exact) mass is 1580 g/mol. The average Bonchev–Trinajstić information content (AvgIpc) is 1.60. The Morgan fingerprint density at radius 3 is 0.738 bits per heavy atom. The van der Waals surface area contributed by atoms with E-state index >= 15 is 0 Å². The maximum absolute atomic E-state index is 12.4. The Morgan fingerprint density at radius 1 is 0.298 bits per heavy atom. The van der Waals surface area contributed by atoms with Crippen molar-refractivity contribution in [3.05, 3.63) is 286 Å². The summed E-state index contributed by atoms with van der Waals surface area (Å²) < 4.78 is 6.14. The summed E-state index contributed by atoms with van der Waals surface area (Å²) in [4.78, 5) is 24.7. The van der Waals surface area contributed by atoms with Crippen molar-refractivity contribution in [1.82, 2.24) is 0 Å². The summed E-state index contributed by atoms with van der Waals surface area (Å²) >= 11 is 18.5. The zero-order chi connectivity index (χ0) is 59.6. The number of ketones is 2. The molecule has 0 aromatic heterocycles. The molecule has 0 radical (unpaired) electrons. The Balaban J connectivity index is 0.000000110. The van der Waals surface area contributed by atoms with Gasteiger partial charge in [0.2, 0.25) is 0 Å². The molecular weight excluding hydrogens is 1520 g/mol. The van der Waals surface area contributed by atoms with E-state index < -0.39 is 0 Å². The summed E-state index contributed by atoms with van der Waals surface area (Å²) in [5.41, 5.74) is 25.4. The molecule has 15 rings (SSSR count). The summed E-state index contributed by atoms with van der Waals surface area (Å²) in [5.74, 6) is 0.218. The maximum atomic E-state index is 12.4. The van der Waals surface area contributed by atoms with Crippen LogP contribution in [0.3, 0.4) is 0 Å². The number of carbonyl (C=O) groups is 2. The van der Waals surface area contributed by atoms with Crippen molar-refractivity contribution < 1.29 is 9.59 Å². The Bertz CT molecular complexity index is 3700. The summed E-state index contributed by atoms with van der Waals surface area (Å²) in [6, 6.07) is 67.2. The number of hydrogen-bond donors (Lipinski definition) is 3. The Labute approximate surface area is 554 Å². The molecule has 84 heavy (non-hydrogen) atoms. The first-order valence-corrected chi connectivity index (χ1v) is 33.0. The molecule has 3 aliphatic heterocycles. The minimum absolute atomic E-state index is 0.0818. The van der Waals surface area contributed by atoms with Gasteiger partial charge in [-0.2, -0.15) is 0 Å². The first kappa shape index (κ1) is 60.0. The number of para-hydroxylation sites is 6. The summed E-state index contributed by atoms with van der Waals surface area (Å²) in [6.45, 7) is 17.8. The number of nitrogens with one attached hydrogen (secondary N) is 3. The number of aryl methyl sites for hydroxylation is 2. The fraction of sp³-hybridized carbons (Fsp3) is 0.151. The number of carbonyl (C=O) groups excluding carboxylic acids is 2. The van der Waals surface area contributed by atoms with E-state index in [4.69, 9.17) is 0 Å². The molecule has 0 spiro atoms. The number of benzene rings is 10. The summed E-state index contributed by atoms with van der Waals surface area (Å²) in [5, 5.41) is 10.5. The van der Waals surface area contributed by atoms with Crippen LogP contribution in [-0.2, 0) is 16.2 Å². The Morgan fingerprint density at radius 2 is 0.500 bits per heavy atom. The van der Waals surface area contributed by atoms with Crippen molar-refractivity contribution in [3.63, 3.8) is 0 Å². The fourth-order valence-corrected chi connectivity index (χ4v) is 14.4. The number of hydrogen-bond acceptors (Lipinski definition) is 5. The second kappa shape index (κ2) is 23.9. The van der Waals surface area contributed by atoms with E-state index in [1.807, 2.05) is 38.1 Å². The Hall–Kier alpha value is -5.68. The van der Waals surface area contributed by atoms with Gasteiger partial charge in [-0.05, 0) is 243 Å². The van der Waals surface area contributed by atoms with Crippen LogP contribution in [-0.4, -0.2) is 11.6 Å². The molecule has 0 fully saturated rings. The molecule has 5 nitrogen and oxygen atoms in total. The molecule has 5 aliphatic rings. The molecule has 2 aliphatic carbocycles. The lowest BCUT2D eigenvalue weighted by atomic mass is 9.74. The second-order valence-corrected chi connectivity index (χ2v) is 28.8. The van der Waals surface area contributed by atoms with E-state index in [9.17, 15) is 9.59 Å². The predicted octanol–water partition coefficient (Wildman–Crippen LogP) is 22.9. The molecule has 420 valence electrons. The molecule has 0 amide bonds. The molecule has 0 atom stereocenters. The number of halogens is 6. The molecule has 0 saturated heterocycles. The minimum Gasteiger partial charge on any atom is -0.355 e. The largest absolute Gasteiger partial charge is 0.355 e. The van der Waals surface area contributed by atoms with Gasteiger partial charge >= 0.3 is 0 Å². The zero-order valence-electron chi connectivity index (χ0n) is 47.6. The normalized spacial score (nSPS) is 14.5. The highest BCUT2D eigenvalue weighted by Gasteiger charge is 2.35. The van der Waals surface area contributed by atoms with E-state index in [1.54, 1.807) is 0 Å². The highest BCUT2D eigenvalue weighted by molar-refractivity contribution is 14.1. The van der Waals surface area contributed by atoms with Crippen molar-refractivity contribution in [2.24, 2.45) is 0 Å². The predicted molar refractivity (Wildman–Crippen MR) is 381 cm³/mol. The van der Waals surface area contributed by atoms with Gasteiger partial charge in [-0.3, -0.25) is 9.59 Å². The fourth-order valence-electron chi connectivity index (χ4n) is 12.1. The minimum atomic E-state index is 0.0818. The summed E-state index contributed by atoms with van der Waals surface area (Å²) in [7, 11) is 0. The van der Waals surface area contributed by atoms with Crippen molar-refractivity contribution in [2.75, 3.05) is 16.0 Å². The molecule has 11 heteroatoms. The lowest BCUT2D eigenvalue weighted by molar-refractivity contribution is 0.103. The number of anilines is 6. The van der Waals surface area contributed by atoms with Gasteiger partial charge in [0.1, 0.15) is 0 Å². The van der Waals surface area contributed by atoms with Gasteiger partial charge in [-0.25, -0.2) is 0 Å². The van der Waals surface area contributed by atoms with Gasteiger partial charge < -0.3 is 16.0 Å². The van der Waals surface area contributed by atoms with Gasteiger partial charge in [-0.1, -0.05) is 183 Å². The quantitative estimate of drug-likeness (QED) is 0.132. The smallest absolute Gasteiger partial charge is 0.194 e. The first-order chi connectivity index (χ1) is 40.1. The third-order valence-electron chi connectivity index (χ3n) is 16.7. The molecule has 10 aromatic carbocycles. The topological polar surface area (TPSA) is 70.2 Å². The van der Waals surface area contributed by atoms with Crippen molar-refractivity contribution in [3.8, 4) is 22.3 Å². The van der Waals surface area contributed by atoms with Gasteiger partial charge in [0, 0.05) is 97.7 Å². The van der Waals surface area contributed by atoms with Crippen LogP contribution in [0.1, 0.15) is 118 Å². The maximum Gasteiger partial charge on any atom is 0.194 e. The lowest BCUT2D eigenvalue weighted by Crippen LogP contribution is -2.25. The van der Waals surface area contributed by atoms with Crippen LogP contribution in [0.2, 0.25) is 0 Å². The van der Waals surface area contributed by atoms with Crippen molar-refractivity contribution >= 4 is 155 Å². The third-order valence-corrected chi connectivity index (χ3v) is 23.0. The van der Waals surface area contributed by atoms with Crippen LogP contribution < -0.4 is 16.0 Å². The molecule has 10 aromatic rings. The first-order valence-electron chi connectivity index (χ1n) is 27.6. The van der Waals surface area contributed by atoms with E-state index in [-0.39, 0.29) is 27.8 Å². The Kier molecular flexibility index (Phi) is 17.1. The molecule has 0 unspecified atom stereocenters. The van der Waals surface area contributed by atoms with E-state index in [1.165, 1.54) is 67.5 Å². The van der Waals surface area contributed by atoms with Crippen LogP contribution in [0.4, 0.5) is 34.1 Å². The van der Waals surface area contributed by atoms with Gasteiger partial charge in [0.15, 0.2) is 11.6 Å². The highest BCUT2D eigenvalue weighted by atomic mass is 127. The number of fused-ring (bicyclic) bond motifs is 12. The third kappa shape index (κ3) is 11.2. The molecule has 0 bridgehead atoms. The van der Waals surface area contributed by atoms with Crippen LogP contribution in [0, 0.1) is 21.0 Å². The average molecular weight is 1580 g/mol. The van der Waals surface area contributed by atoms with E-state index in [2.05, 4.69) is 336 Å². The van der Waals surface area contributed by atoms with Crippen LogP contribution in [0.25, 0.3) is 22.3 Å². The highest BCUT2D eigenvalue weighted by Crippen LogP contribution is 2.49. The molecule has 3 N–H and O–H groups in total. The molecule has 3 heterocycles. The molecular formula is C73H59Br4I2N3O2. The van der Waals surface area contributed by atoms with E-state index in [0.717, 1.165) is 80.7 Å². The molecule has 0 saturated carbocycles. The zero-order valence-corrected chi connectivity index (χ0v) is 58.2. The van der Waals surface area contributed by atoms with Gasteiger partial charge in [0.25, 0.3) is 0 Å². The van der Waals surface area contributed by atoms with Crippen LogP contribution >= 0.6 is 109 Å². The van der Waals surface area contributed by atoms with E-state index in [0.29, 0.717) is 0 Å². The number of rotatable bonds is 0. The van der Waals surface area contributed by atoms with Gasteiger partial charge in [-0.15, -0.1) is 0 Å². The van der Waals surface area contributed by atoms with Gasteiger partial charge in [0.05, 0.1) is 0 Å². The summed E-state index contributed by atoms with van der Waals surface area (Å²) in [6.07, 6.45) is 0. The van der Waals surface area contributed by atoms with Crippen LogP contribution in [0.15, 0.2) is 212 Å².